The van der Waals surface area contributed by atoms with Crippen molar-refractivity contribution in [1.82, 2.24) is 14.7 Å². The second-order valence-corrected chi connectivity index (χ2v) is 9.11. The van der Waals surface area contributed by atoms with Gasteiger partial charge in [0.2, 0.25) is 5.91 Å². The monoisotopic (exact) mass is 435 g/mol. The minimum atomic E-state index is -0.250. The van der Waals surface area contributed by atoms with E-state index in [2.05, 4.69) is 23.9 Å². The third-order valence-electron chi connectivity index (χ3n) is 6.41. The molecule has 0 spiro atoms. The summed E-state index contributed by atoms with van der Waals surface area (Å²) in [7, 11) is 4.13. The zero-order chi connectivity index (χ0) is 21.8. The molecule has 0 radical (unpaired) electrons. The molecule has 30 heavy (non-hydrogen) atoms. The molecule has 3 aliphatic rings. The number of likely N-dealkylation sites (tertiary alicyclic amines) is 1. The fraction of sp³-hybridized carbons (Fsp3) is 0.591. The Morgan fingerprint density at radius 1 is 1.30 bits per heavy atom. The molecule has 164 valence electrons. The summed E-state index contributed by atoms with van der Waals surface area (Å²) in [6, 6.07) is 7.69. The summed E-state index contributed by atoms with van der Waals surface area (Å²) in [5, 5.41) is 7.48. The van der Waals surface area contributed by atoms with Gasteiger partial charge in [-0.15, -0.1) is 0 Å². The fourth-order valence-electron chi connectivity index (χ4n) is 5.35. The number of carboxylic acid groups (broad SMARTS) is 1. The summed E-state index contributed by atoms with van der Waals surface area (Å²) >= 11 is 6.09. The summed E-state index contributed by atoms with van der Waals surface area (Å²) < 4.78 is 0. The van der Waals surface area contributed by atoms with Crippen molar-refractivity contribution in [2.45, 2.75) is 37.8 Å². The second-order valence-electron chi connectivity index (χ2n) is 8.67. The highest BCUT2D eigenvalue weighted by atomic mass is 35.5. The lowest BCUT2D eigenvalue weighted by molar-refractivity contribution is -0.152. The molecule has 1 aromatic carbocycles. The molecule has 2 amide bonds. The average molecular weight is 436 g/mol. The van der Waals surface area contributed by atoms with Gasteiger partial charge in [0, 0.05) is 48.7 Å². The number of halogens is 1. The lowest BCUT2D eigenvalue weighted by Crippen LogP contribution is -2.67. The van der Waals surface area contributed by atoms with Crippen molar-refractivity contribution >= 4 is 29.9 Å². The van der Waals surface area contributed by atoms with Gasteiger partial charge < -0.3 is 19.8 Å². The van der Waals surface area contributed by atoms with Crippen molar-refractivity contribution in [3.8, 4) is 0 Å². The molecule has 3 saturated heterocycles. The SMILES string of the molecule is CN(C)C[C@H]1[C@H]2C[C@H](CN(C(=O)c3cccc(Cl)c3)C2)[C@@H]2CCCC(=O)N21.O=CO. The van der Waals surface area contributed by atoms with E-state index in [0.717, 1.165) is 38.9 Å². The molecule has 0 saturated carbocycles. The molecule has 4 atom stereocenters. The van der Waals surface area contributed by atoms with Gasteiger partial charge in [-0.2, -0.15) is 0 Å². The van der Waals surface area contributed by atoms with Crippen molar-refractivity contribution in [2.75, 3.05) is 33.7 Å². The van der Waals surface area contributed by atoms with Crippen LogP contribution in [0.4, 0.5) is 0 Å². The number of carbonyl (C=O) groups excluding carboxylic acids is 2. The van der Waals surface area contributed by atoms with Gasteiger partial charge in [-0.25, -0.2) is 0 Å². The van der Waals surface area contributed by atoms with Gasteiger partial charge in [0.1, 0.15) is 0 Å². The van der Waals surface area contributed by atoms with Gasteiger partial charge in [-0.05, 0) is 63.4 Å². The molecule has 4 rings (SSSR count). The van der Waals surface area contributed by atoms with Gasteiger partial charge in [0.25, 0.3) is 12.4 Å². The van der Waals surface area contributed by atoms with Crippen LogP contribution in [-0.4, -0.2) is 83.9 Å². The molecular weight excluding hydrogens is 406 g/mol. The Labute approximate surface area is 182 Å². The first-order chi connectivity index (χ1) is 14.3. The van der Waals surface area contributed by atoms with Crippen molar-refractivity contribution in [2.24, 2.45) is 11.8 Å². The van der Waals surface area contributed by atoms with E-state index in [1.165, 1.54) is 0 Å². The molecule has 1 N–H and O–H groups in total. The number of amides is 2. The van der Waals surface area contributed by atoms with Crippen LogP contribution in [0.3, 0.4) is 0 Å². The molecule has 8 heteroatoms. The van der Waals surface area contributed by atoms with Crippen LogP contribution in [0.5, 0.6) is 0 Å². The lowest BCUT2D eigenvalue weighted by atomic mass is 9.72. The second kappa shape index (κ2) is 9.79. The topological polar surface area (TPSA) is 81.2 Å². The van der Waals surface area contributed by atoms with Crippen LogP contribution in [0.15, 0.2) is 24.3 Å². The van der Waals surface area contributed by atoms with E-state index in [1.54, 1.807) is 12.1 Å². The van der Waals surface area contributed by atoms with E-state index in [1.807, 2.05) is 17.0 Å². The maximum absolute atomic E-state index is 13.1. The van der Waals surface area contributed by atoms with Crippen LogP contribution < -0.4 is 0 Å². The highest BCUT2D eigenvalue weighted by molar-refractivity contribution is 6.30. The minimum Gasteiger partial charge on any atom is -0.483 e. The largest absolute Gasteiger partial charge is 0.483 e. The summed E-state index contributed by atoms with van der Waals surface area (Å²) in [5.41, 5.74) is 0.656. The fourth-order valence-corrected chi connectivity index (χ4v) is 5.54. The lowest BCUT2D eigenvalue weighted by Gasteiger charge is -2.57. The number of carbonyl (C=O) groups is 3. The number of rotatable bonds is 3. The van der Waals surface area contributed by atoms with E-state index in [-0.39, 0.29) is 24.5 Å². The number of piperidine rings is 3. The molecule has 7 nitrogen and oxygen atoms in total. The number of hydrogen-bond donors (Lipinski definition) is 1. The van der Waals surface area contributed by atoms with E-state index >= 15 is 0 Å². The Morgan fingerprint density at radius 3 is 2.67 bits per heavy atom. The quantitative estimate of drug-likeness (QED) is 0.737. The Balaban J connectivity index is 0.000000806. The first kappa shape index (κ1) is 22.6. The first-order valence-corrected chi connectivity index (χ1v) is 10.8. The minimum absolute atomic E-state index is 0.0615. The maximum Gasteiger partial charge on any atom is 0.290 e. The Bertz CT molecular complexity index is 787. The highest BCUT2D eigenvalue weighted by Gasteiger charge is 2.50. The predicted molar refractivity (Wildman–Crippen MR) is 114 cm³/mol. The normalized spacial score (nSPS) is 27.8. The molecule has 3 fully saturated rings. The van der Waals surface area contributed by atoms with E-state index in [9.17, 15) is 9.59 Å². The van der Waals surface area contributed by atoms with Gasteiger partial charge in [-0.3, -0.25) is 14.4 Å². The van der Waals surface area contributed by atoms with Crippen LogP contribution in [-0.2, 0) is 9.59 Å². The molecule has 2 bridgehead atoms. The molecule has 1 aromatic rings. The number of nitrogens with zero attached hydrogens (tertiary/aromatic N) is 3. The summed E-state index contributed by atoms with van der Waals surface area (Å²) in [5.74, 6) is 1.09. The van der Waals surface area contributed by atoms with Gasteiger partial charge in [0.05, 0.1) is 0 Å². The van der Waals surface area contributed by atoms with Gasteiger partial charge >= 0.3 is 0 Å². The van der Waals surface area contributed by atoms with Gasteiger partial charge in [-0.1, -0.05) is 17.7 Å². The molecule has 3 aliphatic heterocycles. The highest BCUT2D eigenvalue weighted by Crippen LogP contribution is 2.42. The Kier molecular flexibility index (Phi) is 7.36. The van der Waals surface area contributed by atoms with E-state index in [4.69, 9.17) is 21.5 Å². The number of likely N-dealkylation sites (N-methyl/N-ethyl adjacent to an activating group) is 1. The molecule has 0 unspecified atom stereocenters. The number of fused-ring (bicyclic) bond motifs is 4. The van der Waals surface area contributed by atoms with Crippen LogP contribution in [0, 0.1) is 11.8 Å². The molecule has 0 aliphatic carbocycles. The first-order valence-electron chi connectivity index (χ1n) is 10.4. The Hall–Kier alpha value is -2.12. The van der Waals surface area contributed by atoms with Crippen molar-refractivity contribution < 1.29 is 19.5 Å². The van der Waals surface area contributed by atoms with Crippen molar-refractivity contribution in [3.05, 3.63) is 34.9 Å². The summed E-state index contributed by atoms with van der Waals surface area (Å²) in [6.07, 6.45) is 3.82. The van der Waals surface area contributed by atoms with E-state index < -0.39 is 0 Å². The van der Waals surface area contributed by atoms with Gasteiger partial charge in [0.15, 0.2) is 0 Å². The van der Waals surface area contributed by atoms with Crippen molar-refractivity contribution in [3.63, 3.8) is 0 Å². The summed E-state index contributed by atoms with van der Waals surface area (Å²) in [6.45, 7) is 2.07. The van der Waals surface area contributed by atoms with Crippen LogP contribution in [0.25, 0.3) is 0 Å². The predicted octanol–water partition coefficient (Wildman–Crippen LogP) is 2.44. The van der Waals surface area contributed by atoms with Crippen LogP contribution >= 0.6 is 11.6 Å². The molecule has 0 aromatic heterocycles. The standard InChI is InChI=1S/C21H28ClN3O2.CH2O2/c1-23(2)13-19-16-9-15(18-7-4-8-20(26)25(18)19)11-24(12-16)21(27)14-5-3-6-17(22)10-14;2-1-3/h3,5-6,10,15-16,18-19H,4,7-9,11-13H2,1-2H3;1H,(H,2,3)/t15-,16+,18+,19+;/m1./s1. The average Bonchev–Trinajstić information content (AvgIpc) is 2.71. The molecule has 3 heterocycles. The van der Waals surface area contributed by atoms with Crippen LogP contribution in [0.2, 0.25) is 5.02 Å². The number of benzene rings is 1. The smallest absolute Gasteiger partial charge is 0.290 e. The number of hydrogen-bond acceptors (Lipinski definition) is 4. The van der Waals surface area contributed by atoms with E-state index in [0.29, 0.717) is 34.7 Å². The maximum atomic E-state index is 13.1. The zero-order valence-corrected chi connectivity index (χ0v) is 18.3. The van der Waals surface area contributed by atoms with Crippen molar-refractivity contribution in [1.29, 1.82) is 0 Å². The van der Waals surface area contributed by atoms with Crippen LogP contribution in [0.1, 0.15) is 36.0 Å². The third kappa shape index (κ3) is 4.78. The third-order valence-corrected chi connectivity index (χ3v) is 6.64. The summed E-state index contributed by atoms with van der Waals surface area (Å²) in [4.78, 5) is 40.6. The molecular formula is C22H30ClN3O4. The zero-order valence-electron chi connectivity index (χ0n) is 17.5. The Morgan fingerprint density at radius 2 is 2.00 bits per heavy atom.